The molecule has 8 nitrogen and oxygen atoms in total. The molecule has 12 heteroatoms. The lowest BCUT2D eigenvalue weighted by atomic mass is 10.1. The van der Waals surface area contributed by atoms with Crippen LogP contribution < -0.4 is 9.47 Å². The van der Waals surface area contributed by atoms with Crippen molar-refractivity contribution in [2.24, 2.45) is 0 Å². The first-order chi connectivity index (χ1) is 18.1. The highest BCUT2D eigenvalue weighted by Gasteiger charge is 2.25. The van der Waals surface area contributed by atoms with Crippen LogP contribution in [0, 0.1) is 0 Å². The van der Waals surface area contributed by atoms with Gasteiger partial charge in [0.15, 0.2) is 15.6 Å². The zero-order valence-corrected chi connectivity index (χ0v) is 24.3. The molecule has 0 saturated heterocycles. The Labute approximate surface area is 236 Å². The largest absolute Gasteiger partial charge is 0.495 e. The first-order valence-corrected chi connectivity index (χ1v) is 15.1. The minimum atomic E-state index is -3.54. The number of aromatic nitrogens is 1. The van der Waals surface area contributed by atoms with Crippen LogP contribution >= 0.6 is 34.5 Å². The van der Waals surface area contributed by atoms with Crippen LogP contribution in [0.15, 0.2) is 42.5 Å². The van der Waals surface area contributed by atoms with Gasteiger partial charge >= 0.3 is 0 Å². The molecule has 3 rings (SSSR count). The molecule has 1 aromatic heterocycles. The van der Waals surface area contributed by atoms with Crippen LogP contribution in [0.5, 0.6) is 11.5 Å². The lowest BCUT2D eigenvalue weighted by molar-refractivity contribution is 0.0740. The van der Waals surface area contributed by atoms with E-state index in [4.69, 9.17) is 32.7 Å². The van der Waals surface area contributed by atoms with Crippen LogP contribution in [-0.4, -0.2) is 62.3 Å². The average molecular weight is 600 g/mol. The highest BCUT2D eigenvalue weighted by molar-refractivity contribution is 7.92. The number of hydrogen-bond acceptors (Lipinski definition) is 8. The Bertz CT molecular complexity index is 1370. The second-order valence-corrected chi connectivity index (χ2v) is 12.8. The summed E-state index contributed by atoms with van der Waals surface area (Å²) in [6, 6.07) is 13.0. The van der Waals surface area contributed by atoms with Gasteiger partial charge in [0.05, 0.1) is 20.8 Å². The molecule has 3 aromatic rings. The number of methoxy groups -OCH3 is 2. The minimum Gasteiger partial charge on any atom is -0.495 e. The molecule has 0 fully saturated rings. The highest BCUT2D eigenvalue weighted by Crippen LogP contribution is 2.36. The number of sulfone groups is 1. The van der Waals surface area contributed by atoms with E-state index in [1.54, 1.807) is 4.90 Å². The number of rotatable bonds is 13. The van der Waals surface area contributed by atoms with Crippen molar-refractivity contribution in [3.05, 3.63) is 73.7 Å². The summed E-state index contributed by atoms with van der Waals surface area (Å²) in [4.78, 5) is 32.1. The van der Waals surface area contributed by atoms with Crippen molar-refractivity contribution in [3.63, 3.8) is 0 Å². The molecule has 0 aliphatic heterocycles. The SMILES string of the molecule is CCS(=O)(=O)CC(=O)c1nc(CN(CCCc2ccccc2)C(=O)c2cc(OC)c(Cl)c(OC)c2)sc1Cl. The van der Waals surface area contributed by atoms with Crippen molar-refractivity contribution in [1.82, 2.24) is 9.88 Å². The van der Waals surface area contributed by atoms with E-state index in [0.29, 0.717) is 35.0 Å². The van der Waals surface area contributed by atoms with Crippen LogP contribution in [0.3, 0.4) is 0 Å². The molecule has 204 valence electrons. The molecule has 0 atom stereocenters. The number of aryl methyl sites for hydroxylation is 1. The number of nitrogens with zero attached hydrogens (tertiary/aromatic N) is 2. The Morgan fingerprint density at radius 1 is 1.05 bits per heavy atom. The molecule has 0 radical (unpaired) electrons. The van der Waals surface area contributed by atoms with Gasteiger partial charge in [0, 0.05) is 17.9 Å². The molecule has 1 amide bonds. The summed E-state index contributed by atoms with van der Waals surface area (Å²) in [5.41, 5.74) is 1.34. The number of carbonyl (C=O) groups excluding carboxylic acids is 2. The minimum absolute atomic E-state index is 0.0685. The number of Topliss-reactive ketones (excluding diaryl/α,β-unsaturated/α-hetero) is 1. The summed E-state index contributed by atoms with van der Waals surface area (Å²) in [5.74, 6) is -1.24. The van der Waals surface area contributed by atoms with Gasteiger partial charge in [0.1, 0.15) is 37.3 Å². The molecule has 0 saturated carbocycles. The van der Waals surface area contributed by atoms with Gasteiger partial charge in [-0.25, -0.2) is 13.4 Å². The van der Waals surface area contributed by atoms with E-state index in [0.717, 1.165) is 23.3 Å². The zero-order chi connectivity index (χ0) is 27.9. The van der Waals surface area contributed by atoms with Gasteiger partial charge in [-0.1, -0.05) is 60.5 Å². The van der Waals surface area contributed by atoms with E-state index in [1.807, 2.05) is 30.3 Å². The van der Waals surface area contributed by atoms with Gasteiger partial charge in [0.2, 0.25) is 0 Å². The third-order valence-corrected chi connectivity index (χ3v) is 8.92. The summed E-state index contributed by atoms with van der Waals surface area (Å²) in [6.07, 6.45) is 1.41. The van der Waals surface area contributed by atoms with E-state index in [2.05, 4.69) is 4.98 Å². The van der Waals surface area contributed by atoms with Gasteiger partial charge in [-0.15, -0.1) is 11.3 Å². The fourth-order valence-electron chi connectivity index (χ4n) is 3.66. The van der Waals surface area contributed by atoms with Crippen LogP contribution in [-0.2, 0) is 22.8 Å². The number of amides is 1. The van der Waals surface area contributed by atoms with E-state index in [1.165, 1.54) is 33.3 Å². The molecule has 2 aromatic carbocycles. The zero-order valence-electron chi connectivity index (χ0n) is 21.2. The maximum absolute atomic E-state index is 13.7. The van der Waals surface area contributed by atoms with Crippen molar-refractivity contribution < 1.29 is 27.5 Å². The fraction of sp³-hybridized carbons (Fsp3) is 0.346. The summed E-state index contributed by atoms with van der Waals surface area (Å²) in [7, 11) is -0.653. The van der Waals surface area contributed by atoms with Gasteiger partial charge in [-0.2, -0.15) is 0 Å². The number of halogens is 2. The summed E-state index contributed by atoms with van der Waals surface area (Å²) in [5, 5.41) is 0.660. The monoisotopic (exact) mass is 598 g/mol. The Morgan fingerprint density at radius 2 is 1.68 bits per heavy atom. The summed E-state index contributed by atoms with van der Waals surface area (Å²) < 4.78 is 34.5. The number of hydrogen-bond donors (Lipinski definition) is 0. The molecule has 1 heterocycles. The third-order valence-electron chi connectivity index (χ3n) is 5.73. The third kappa shape index (κ3) is 7.69. The maximum Gasteiger partial charge on any atom is 0.254 e. The van der Waals surface area contributed by atoms with Crippen LogP contribution in [0.25, 0.3) is 0 Å². The smallest absolute Gasteiger partial charge is 0.254 e. The molecule has 0 aliphatic carbocycles. The van der Waals surface area contributed by atoms with Gasteiger partial charge in [0.25, 0.3) is 5.91 Å². The molecular weight excluding hydrogens is 571 g/mol. The van der Waals surface area contributed by atoms with Gasteiger partial charge in [-0.05, 0) is 30.5 Å². The molecule has 0 N–H and O–H groups in total. The average Bonchev–Trinajstić information content (AvgIpc) is 3.28. The molecule has 0 aliphatic rings. The van der Waals surface area contributed by atoms with E-state index < -0.39 is 21.4 Å². The molecule has 0 unspecified atom stereocenters. The quantitative estimate of drug-likeness (QED) is 0.244. The van der Waals surface area contributed by atoms with Crippen molar-refractivity contribution in [3.8, 4) is 11.5 Å². The Balaban J connectivity index is 1.88. The molecule has 38 heavy (non-hydrogen) atoms. The second kappa shape index (κ2) is 13.4. The van der Waals surface area contributed by atoms with Crippen LogP contribution in [0.1, 0.15) is 44.8 Å². The maximum atomic E-state index is 13.7. The first kappa shape index (κ1) is 29.9. The summed E-state index contributed by atoms with van der Waals surface area (Å²) in [6.45, 7) is 1.92. The van der Waals surface area contributed by atoms with Crippen molar-refractivity contribution in [2.75, 3.05) is 32.3 Å². The number of carbonyl (C=O) groups is 2. The normalized spacial score (nSPS) is 11.3. The number of ketones is 1. The number of benzene rings is 2. The van der Waals surface area contributed by atoms with Crippen LogP contribution in [0.4, 0.5) is 0 Å². The topological polar surface area (TPSA) is 103 Å². The number of ether oxygens (including phenoxy) is 2. The van der Waals surface area contributed by atoms with Crippen molar-refractivity contribution in [2.45, 2.75) is 26.3 Å². The van der Waals surface area contributed by atoms with Crippen molar-refractivity contribution >= 4 is 56.1 Å². The standard InChI is InChI=1S/C26H28Cl2N2O6S2/c1-4-38(33,34)16-19(31)24-25(28)37-22(29-24)15-30(12-8-11-17-9-6-5-7-10-17)26(32)18-13-20(35-2)23(27)21(14-18)36-3/h5-7,9-10,13-14H,4,8,11-12,15-16H2,1-3H3. The van der Waals surface area contributed by atoms with E-state index in [9.17, 15) is 18.0 Å². The number of thiazole rings is 1. The Morgan fingerprint density at radius 3 is 2.26 bits per heavy atom. The Hall–Kier alpha value is -2.66. The predicted octanol–water partition coefficient (Wildman–Crippen LogP) is 5.36. The van der Waals surface area contributed by atoms with Crippen molar-refractivity contribution in [1.29, 1.82) is 0 Å². The first-order valence-electron chi connectivity index (χ1n) is 11.7. The van der Waals surface area contributed by atoms with Crippen LogP contribution in [0.2, 0.25) is 9.36 Å². The lowest BCUT2D eigenvalue weighted by Crippen LogP contribution is -2.32. The van der Waals surface area contributed by atoms with E-state index >= 15 is 0 Å². The molecule has 0 bridgehead atoms. The van der Waals surface area contributed by atoms with E-state index in [-0.39, 0.29) is 33.3 Å². The van der Waals surface area contributed by atoms with Gasteiger partial charge < -0.3 is 14.4 Å². The second-order valence-electron chi connectivity index (χ2n) is 8.34. The molecule has 0 spiro atoms. The Kier molecular flexibility index (Phi) is 10.6. The highest BCUT2D eigenvalue weighted by atomic mass is 35.5. The predicted molar refractivity (Wildman–Crippen MR) is 150 cm³/mol. The lowest BCUT2D eigenvalue weighted by Gasteiger charge is -2.23. The van der Waals surface area contributed by atoms with Gasteiger partial charge in [-0.3, -0.25) is 9.59 Å². The fourth-order valence-corrected chi connectivity index (χ4v) is 5.90. The molecular formula is C26H28Cl2N2O6S2. The summed E-state index contributed by atoms with van der Waals surface area (Å²) >= 11 is 13.6.